The molecule has 42 heavy (non-hydrogen) atoms. The third kappa shape index (κ3) is 5.39. The number of halogens is 3. The third-order valence-corrected chi connectivity index (χ3v) is 7.69. The van der Waals surface area contributed by atoms with Crippen molar-refractivity contribution in [3.8, 4) is 11.8 Å². The number of likely N-dealkylation sites (N-methyl/N-ethyl adjacent to an activating group) is 1. The van der Waals surface area contributed by atoms with Crippen LogP contribution >= 0.6 is 0 Å². The molecule has 5 rings (SSSR count). The van der Waals surface area contributed by atoms with E-state index in [1.807, 2.05) is 11.8 Å². The van der Waals surface area contributed by atoms with Gasteiger partial charge in [0.05, 0.1) is 47.4 Å². The number of aryl methyl sites for hydroxylation is 1. The predicted octanol–water partition coefficient (Wildman–Crippen LogP) is 2.74. The Hall–Kier alpha value is -4.51. The van der Waals surface area contributed by atoms with E-state index in [0.29, 0.717) is 12.4 Å². The van der Waals surface area contributed by atoms with Gasteiger partial charge in [-0.3, -0.25) is 14.5 Å². The minimum absolute atomic E-state index is 0.0290. The van der Waals surface area contributed by atoms with Crippen LogP contribution in [0.3, 0.4) is 0 Å². The predicted molar refractivity (Wildman–Crippen MR) is 150 cm³/mol. The maximum Gasteiger partial charge on any atom is 0.418 e. The fraction of sp³-hybridized carbons (Fsp3) is 0.429. The summed E-state index contributed by atoms with van der Waals surface area (Å²) >= 11 is 0. The van der Waals surface area contributed by atoms with Gasteiger partial charge in [0.25, 0.3) is 5.56 Å². The minimum atomic E-state index is -4.71. The van der Waals surface area contributed by atoms with Crippen LogP contribution in [0, 0.1) is 18.3 Å². The van der Waals surface area contributed by atoms with Gasteiger partial charge in [-0.15, -0.1) is 0 Å². The lowest BCUT2D eigenvalue weighted by Crippen LogP contribution is -2.55. The lowest BCUT2D eigenvalue weighted by atomic mass is 10.1. The monoisotopic (exact) mass is 581 g/mol. The van der Waals surface area contributed by atoms with Gasteiger partial charge in [-0.1, -0.05) is 25.6 Å². The number of aromatic nitrogens is 4. The van der Waals surface area contributed by atoms with E-state index in [0.717, 1.165) is 24.3 Å². The van der Waals surface area contributed by atoms with Crippen LogP contribution in [0.1, 0.15) is 24.5 Å². The summed E-state index contributed by atoms with van der Waals surface area (Å²) in [6.07, 6.45) is -2.15. The van der Waals surface area contributed by atoms with Gasteiger partial charge in [-0.2, -0.15) is 33.2 Å². The maximum atomic E-state index is 14.0. The third-order valence-electron chi connectivity index (χ3n) is 7.69. The number of amides is 1. The Morgan fingerprint density at radius 2 is 2.00 bits per heavy atom. The maximum absolute atomic E-state index is 14.0. The van der Waals surface area contributed by atoms with Gasteiger partial charge in [0.2, 0.25) is 11.9 Å². The second-order valence-electron chi connectivity index (χ2n) is 10.4. The Morgan fingerprint density at radius 3 is 2.67 bits per heavy atom. The summed E-state index contributed by atoms with van der Waals surface area (Å²) in [4.78, 5) is 41.0. The Kier molecular flexibility index (Phi) is 7.87. The van der Waals surface area contributed by atoms with Crippen molar-refractivity contribution in [1.29, 1.82) is 5.26 Å². The number of carbonyl (C=O) groups is 1. The van der Waals surface area contributed by atoms with Crippen molar-refractivity contribution in [3.63, 3.8) is 0 Å². The highest BCUT2D eigenvalue weighted by Crippen LogP contribution is 2.36. The van der Waals surface area contributed by atoms with Crippen molar-refractivity contribution in [3.05, 3.63) is 58.5 Å². The number of carbonyl (C=O) groups excluding carboxylic acids is 1. The summed E-state index contributed by atoms with van der Waals surface area (Å²) in [5, 5.41) is 17.0. The molecule has 220 valence electrons. The first-order valence-electron chi connectivity index (χ1n) is 13.6. The number of fused-ring (bicyclic) bond motifs is 1. The molecule has 0 aliphatic carbocycles. The number of benzene rings is 1. The Labute approximate surface area is 239 Å². The van der Waals surface area contributed by atoms with E-state index >= 15 is 0 Å². The van der Waals surface area contributed by atoms with Gasteiger partial charge in [0.15, 0.2) is 0 Å². The van der Waals surface area contributed by atoms with Crippen LogP contribution in [0.5, 0.6) is 0 Å². The molecule has 1 N–H and O–H groups in total. The molecule has 1 aromatic carbocycles. The highest BCUT2D eigenvalue weighted by Gasteiger charge is 2.37. The molecular weight excluding hydrogens is 551 g/mol. The Bertz CT molecular complexity index is 1630. The molecule has 0 saturated carbocycles. The highest BCUT2D eigenvalue weighted by atomic mass is 19.4. The van der Waals surface area contributed by atoms with Crippen LogP contribution in [0.4, 0.5) is 24.9 Å². The van der Waals surface area contributed by atoms with Gasteiger partial charge < -0.3 is 15.1 Å². The fourth-order valence-electron chi connectivity index (χ4n) is 5.52. The van der Waals surface area contributed by atoms with Gasteiger partial charge in [-0.05, 0) is 31.2 Å². The molecule has 3 aromatic rings. The molecule has 1 unspecified atom stereocenters. The zero-order valence-corrected chi connectivity index (χ0v) is 23.2. The molecule has 2 saturated heterocycles. The number of hydrogen-bond donors (Lipinski definition) is 1. The quantitative estimate of drug-likeness (QED) is 0.420. The summed E-state index contributed by atoms with van der Waals surface area (Å²) in [6, 6.07) is 5.64. The molecule has 14 heteroatoms. The molecule has 4 heterocycles. The molecule has 0 bridgehead atoms. The number of nitrogens with zero attached hydrogens (tertiary/aromatic N) is 8. The number of likely N-dealkylation sites (tertiary alicyclic amines) is 1. The number of piperazine rings is 1. The van der Waals surface area contributed by atoms with E-state index in [9.17, 15) is 28.0 Å². The van der Waals surface area contributed by atoms with E-state index in [4.69, 9.17) is 4.98 Å². The van der Waals surface area contributed by atoms with Crippen LogP contribution in [-0.4, -0.2) is 86.8 Å². The van der Waals surface area contributed by atoms with E-state index in [1.54, 1.807) is 4.90 Å². The SMILES string of the molecule is C=CC(=O)N1CCN(c2nc(NC3CN(CC)C3)nc3c(=O)n(-c4cccc(C)c4C(F)(F)F)ncc23)CC1CC#N. The zero-order chi connectivity index (χ0) is 30.2. The second kappa shape index (κ2) is 11.4. The van der Waals surface area contributed by atoms with Crippen LogP contribution in [0.2, 0.25) is 0 Å². The van der Waals surface area contributed by atoms with E-state index < -0.39 is 29.0 Å². The minimum Gasteiger partial charge on any atom is -0.352 e. The number of hydrogen-bond acceptors (Lipinski definition) is 9. The van der Waals surface area contributed by atoms with Crippen LogP contribution in [-0.2, 0) is 11.0 Å². The molecule has 2 aliphatic rings. The normalized spacial score (nSPS) is 18.0. The standard InChI is InChI=1S/C28H30F3N9O2/c1-4-22(41)39-12-11-38(16-19(39)9-10-32)25-20-13-33-40(21-8-6-7-17(3)23(21)28(29,30)31)26(42)24(20)35-27(36-25)34-18-14-37(5-2)15-18/h4,6-8,13,18-19H,1,5,9,11-12,14-16H2,2-3H3,(H,34,35,36). The number of alkyl halides is 3. The summed E-state index contributed by atoms with van der Waals surface area (Å²) in [5.74, 6) is 0.216. The summed E-state index contributed by atoms with van der Waals surface area (Å²) < 4.78 is 42.8. The number of rotatable bonds is 7. The van der Waals surface area contributed by atoms with E-state index in [-0.39, 0.29) is 53.9 Å². The second-order valence-corrected chi connectivity index (χ2v) is 10.4. The molecular formula is C28H30F3N9O2. The fourth-order valence-corrected chi connectivity index (χ4v) is 5.52. The van der Waals surface area contributed by atoms with Crippen molar-refractivity contribution < 1.29 is 18.0 Å². The molecule has 2 fully saturated rings. The van der Waals surface area contributed by atoms with Crippen molar-refractivity contribution in [2.75, 3.05) is 49.5 Å². The average molecular weight is 582 g/mol. The van der Waals surface area contributed by atoms with Gasteiger partial charge in [-0.25, -0.2) is 4.98 Å². The molecule has 0 radical (unpaired) electrons. The van der Waals surface area contributed by atoms with Crippen LogP contribution in [0.15, 0.2) is 41.8 Å². The number of nitrogens with one attached hydrogen (secondary N) is 1. The largest absolute Gasteiger partial charge is 0.418 e. The van der Waals surface area contributed by atoms with Gasteiger partial charge >= 0.3 is 6.18 Å². The molecule has 11 nitrogen and oxygen atoms in total. The molecule has 1 amide bonds. The zero-order valence-electron chi connectivity index (χ0n) is 23.2. The highest BCUT2D eigenvalue weighted by molar-refractivity contribution is 5.90. The first-order valence-corrected chi connectivity index (χ1v) is 13.6. The topological polar surface area (TPSA) is 123 Å². The lowest BCUT2D eigenvalue weighted by Gasteiger charge is -2.41. The van der Waals surface area contributed by atoms with Crippen molar-refractivity contribution in [1.82, 2.24) is 29.5 Å². The Morgan fingerprint density at radius 1 is 1.24 bits per heavy atom. The smallest absolute Gasteiger partial charge is 0.352 e. The molecule has 1 atom stereocenters. The average Bonchev–Trinajstić information content (AvgIpc) is 2.93. The summed E-state index contributed by atoms with van der Waals surface area (Å²) in [6.45, 7) is 10.2. The lowest BCUT2D eigenvalue weighted by molar-refractivity contribution is -0.138. The molecule has 0 spiro atoms. The molecule has 2 aliphatic heterocycles. The first kappa shape index (κ1) is 29.0. The summed E-state index contributed by atoms with van der Waals surface area (Å²) in [5.41, 5.74) is -2.32. The van der Waals surface area contributed by atoms with Crippen molar-refractivity contribution >= 4 is 28.6 Å². The van der Waals surface area contributed by atoms with Crippen molar-refractivity contribution in [2.45, 2.75) is 38.5 Å². The van der Waals surface area contributed by atoms with E-state index in [1.165, 1.54) is 37.4 Å². The van der Waals surface area contributed by atoms with E-state index in [2.05, 4.69) is 32.9 Å². The molecule has 2 aromatic heterocycles. The Balaban J connectivity index is 1.63. The number of nitriles is 1. The summed E-state index contributed by atoms with van der Waals surface area (Å²) in [7, 11) is 0. The first-order chi connectivity index (χ1) is 20.0. The number of anilines is 2. The van der Waals surface area contributed by atoms with Crippen molar-refractivity contribution in [2.24, 2.45) is 0 Å². The van der Waals surface area contributed by atoms with Crippen LogP contribution < -0.4 is 15.8 Å². The van der Waals surface area contributed by atoms with Gasteiger partial charge in [0.1, 0.15) is 11.3 Å². The van der Waals surface area contributed by atoms with Gasteiger partial charge in [0, 0.05) is 32.7 Å². The van der Waals surface area contributed by atoms with Crippen LogP contribution in [0.25, 0.3) is 16.6 Å².